The average molecular weight is 360 g/mol. The van der Waals surface area contributed by atoms with Crippen LogP contribution >= 0.6 is 0 Å². The van der Waals surface area contributed by atoms with E-state index in [9.17, 15) is 18.4 Å². The third-order valence-electron chi connectivity index (χ3n) is 4.89. The van der Waals surface area contributed by atoms with E-state index in [0.29, 0.717) is 11.1 Å². The van der Waals surface area contributed by atoms with Crippen LogP contribution in [0.5, 0.6) is 0 Å². The Morgan fingerprint density at radius 3 is 1.27 bits per heavy atom. The van der Waals surface area contributed by atoms with Crippen LogP contribution in [0.4, 0.5) is 8.78 Å². The molecule has 0 aliphatic heterocycles. The summed E-state index contributed by atoms with van der Waals surface area (Å²) in [4.78, 5) is 21.0. The molecule has 0 unspecified atom stereocenters. The van der Waals surface area contributed by atoms with Gasteiger partial charge in [0.15, 0.2) is 0 Å². The molecule has 2 fully saturated rings. The van der Waals surface area contributed by atoms with Gasteiger partial charge in [-0.1, -0.05) is 60.7 Å². The van der Waals surface area contributed by atoms with E-state index in [1.807, 2.05) is 0 Å². The van der Waals surface area contributed by atoms with Crippen molar-refractivity contribution in [2.75, 3.05) is 0 Å². The first-order valence-corrected chi connectivity index (χ1v) is 8.23. The van der Waals surface area contributed by atoms with Gasteiger partial charge in [0, 0.05) is 12.8 Å². The molecule has 4 rings (SSSR count). The Labute approximate surface area is 149 Å². The lowest BCUT2D eigenvalue weighted by molar-refractivity contribution is -0.140. The Kier molecular flexibility index (Phi) is 4.52. The molecule has 0 aromatic heterocycles. The van der Waals surface area contributed by atoms with Crippen LogP contribution in [0.1, 0.15) is 24.0 Å². The summed E-state index contributed by atoms with van der Waals surface area (Å²) in [5, 5.41) is 17.2. The Hall–Kier alpha value is -2.76. The summed E-state index contributed by atoms with van der Waals surface area (Å²) in [5.74, 6) is -3.80. The highest BCUT2D eigenvalue weighted by Gasteiger charge is 2.61. The van der Waals surface area contributed by atoms with Crippen LogP contribution in [0.15, 0.2) is 60.7 Å². The number of carbonyl (C=O) groups is 2. The third kappa shape index (κ3) is 3.31. The summed E-state index contributed by atoms with van der Waals surface area (Å²) < 4.78 is 27.5. The Morgan fingerprint density at radius 2 is 1.04 bits per heavy atom. The van der Waals surface area contributed by atoms with Crippen molar-refractivity contribution in [3.8, 4) is 0 Å². The van der Waals surface area contributed by atoms with Gasteiger partial charge in [-0.15, -0.1) is 0 Å². The van der Waals surface area contributed by atoms with Crippen molar-refractivity contribution in [3.63, 3.8) is 0 Å². The zero-order valence-corrected chi connectivity index (χ0v) is 13.8. The minimum absolute atomic E-state index is 0.104. The second-order valence-electron chi connectivity index (χ2n) is 6.65. The largest absolute Gasteiger partial charge is 0.481 e. The topological polar surface area (TPSA) is 74.6 Å². The summed E-state index contributed by atoms with van der Waals surface area (Å²) in [6.45, 7) is 0. The highest BCUT2D eigenvalue weighted by atomic mass is 19.1. The molecule has 136 valence electrons. The number of rotatable bonds is 4. The molecule has 6 heteroatoms. The van der Waals surface area contributed by atoms with Gasteiger partial charge in [0.1, 0.15) is 11.3 Å². The molecule has 2 aliphatic rings. The number of hydrogen-bond donors (Lipinski definition) is 2. The van der Waals surface area contributed by atoms with E-state index in [1.165, 1.54) is 0 Å². The van der Waals surface area contributed by atoms with Gasteiger partial charge in [0.05, 0.1) is 11.8 Å². The number of carboxylic acids is 2. The maximum absolute atomic E-state index is 13.8. The van der Waals surface area contributed by atoms with Gasteiger partial charge in [-0.05, 0) is 11.1 Å². The first-order chi connectivity index (χ1) is 12.3. The smallest absolute Gasteiger partial charge is 0.310 e. The molecule has 0 bridgehead atoms. The fourth-order valence-corrected chi connectivity index (χ4v) is 3.11. The molecule has 0 saturated heterocycles. The molecule has 0 amide bonds. The molecule has 2 aliphatic carbocycles. The highest BCUT2D eigenvalue weighted by molar-refractivity contribution is 5.76. The molecular formula is C20H18F2O4. The van der Waals surface area contributed by atoms with Crippen molar-refractivity contribution in [2.24, 2.45) is 11.8 Å². The SMILES string of the molecule is O=C(O)[C@@H]1C[C@]1(F)c1ccccc1.O=C(O)[C@H]1C[C@@]1(F)c1ccccc1. The fraction of sp³-hybridized carbons (Fsp3) is 0.300. The van der Waals surface area contributed by atoms with Crippen LogP contribution in [0, 0.1) is 11.8 Å². The summed E-state index contributed by atoms with van der Waals surface area (Å²) in [5.41, 5.74) is -2.29. The van der Waals surface area contributed by atoms with E-state index >= 15 is 0 Å². The number of alkyl halides is 2. The number of aliphatic carboxylic acids is 2. The lowest BCUT2D eigenvalue weighted by Gasteiger charge is -2.04. The molecule has 4 nitrogen and oxygen atoms in total. The summed E-state index contributed by atoms with van der Waals surface area (Å²) in [7, 11) is 0. The molecule has 2 aromatic rings. The van der Waals surface area contributed by atoms with E-state index in [-0.39, 0.29) is 12.8 Å². The van der Waals surface area contributed by atoms with Gasteiger partial charge in [0.2, 0.25) is 0 Å². The number of halogens is 2. The van der Waals surface area contributed by atoms with E-state index in [1.54, 1.807) is 60.7 Å². The maximum atomic E-state index is 13.8. The second kappa shape index (κ2) is 6.52. The summed E-state index contributed by atoms with van der Waals surface area (Å²) in [6.07, 6.45) is 0.207. The molecule has 26 heavy (non-hydrogen) atoms. The molecule has 0 spiro atoms. The van der Waals surface area contributed by atoms with Crippen LogP contribution in [0.3, 0.4) is 0 Å². The monoisotopic (exact) mass is 360 g/mol. The van der Waals surface area contributed by atoms with Gasteiger partial charge in [-0.2, -0.15) is 0 Å². The molecular weight excluding hydrogens is 342 g/mol. The standard InChI is InChI=1S/2C10H9FO2/c2*11-10(6-8(10)9(12)13)7-4-2-1-3-5-7/h2*1-5,8H,6H2,(H,12,13)/t2*8-,10-/m10/s1. The molecule has 2 saturated carbocycles. The summed E-state index contributed by atoms with van der Waals surface area (Å²) in [6, 6.07) is 16.9. The third-order valence-corrected chi connectivity index (χ3v) is 4.89. The first-order valence-electron chi connectivity index (χ1n) is 8.23. The van der Waals surface area contributed by atoms with Crippen molar-refractivity contribution in [2.45, 2.75) is 24.2 Å². The van der Waals surface area contributed by atoms with Crippen molar-refractivity contribution >= 4 is 11.9 Å². The van der Waals surface area contributed by atoms with Gasteiger partial charge >= 0.3 is 11.9 Å². The van der Waals surface area contributed by atoms with Crippen LogP contribution in [-0.2, 0) is 20.9 Å². The maximum Gasteiger partial charge on any atom is 0.310 e. The Morgan fingerprint density at radius 1 is 0.731 bits per heavy atom. The minimum atomic E-state index is -1.62. The zero-order valence-electron chi connectivity index (χ0n) is 13.8. The quantitative estimate of drug-likeness (QED) is 0.867. The van der Waals surface area contributed by atoms with Gasteiger partial charge in [-0.25, -0.2) is 8.78 Å². The lowest BCUT2D eigenvalue weighted by atomic mass is 10.1. The normalized spacial score (nSPS) is 31.3. The fourth-order valence-electron chi connectivity index (χ4n) is 3.11. The second-order valence-corrected chi connectivity index (χ2v) is 6.65. The summed E-state index contributed by atoms with van der Waals surface area (Å²) >= 11 is 0. The average Bonchev–Trinajstić information content (AvgIpc) is 3.53. The predicted molar refractivity (Wildman–Crippen MR) is 89.9 cm³/mol. The number of benzene rings is 2. The molecule has 2 aromatic carbocycles. The molecule has 0 radical (unpaired) electrons. The van der Waals surface area contributed by atoms with Crippen LogP contribution in [-0.4, -0.2) is 22.2 Å². The van der Waals surface area contributed by atoms with Gasteiger partial charge < -0.3 is 10.2 Å². The van der Waals surface area contributed by atoms with Gasteiger partial charge in [-0.3, -0.25) is 9.59 Å². The number of carboxylic acid groups (broad SMARTS) is 2. The van der Waals surface area contributed by atoms with Crippen molar-refractivity contribution in [1.29, 1.82) is 0 Å². The highest BCUT2D eigenvalue weighted by Crippen LogP contribution is 2.56. The van der Waals surface area contributed by atoms with Crippen molar-refractivity contribution in [3.05, 3.63) is 71.8 Å². The van der Waals surface area contributed by atoms with Gasteiger partial charge in [0.25, 0.3) is 0 Å². The Bertz CT molecular complexity index is 742. The first kappa shape index (κ1) is 18.0. The lowest BCUT2D eigenvalue weighted by Crippen LogP contribution is -2.09. The van der Waals surface area contributed by atoms with Crippen LogP contribution < -0.4 is 0 Å². The van der Waals surface area contributed by atoms with E-state index < -0.39 is 35.1 Å². The predicted octanol–water partition coefficient (Wildman–Crippen LogP) is 3.91. The van der Waals surface area contributed by atoms with E-state index in [4.69, 9.17) is 10.2 Å². The van der Waals surface area contributed by atoms with E-state index in [2.05, 4.69) is 0 Å². The number of hydrogen-bond acceptors (Lipinski definition) is 2. The van der Waals surface area contributed by atoms with Crippen LogP contribution in [0.2, 0.25) is 0 Å². The van der Waals surface area contributed by atoms with Crippen molar-refractivity contribution in [1.82, 2.24) is 0 Å². The molecule has 2 N–H and O–H groups in total. The zero-order chi connectivity index (χ0) is 18.9. The molecule has 4 atom stereocenters. The van der Waals surface area contributed by atoms with Crippen LogP contribution in [0.25, 0.3) is 0 Å². The van der Waals surface area contributed by atoms with E-state index in [0.717, 1.165) is 0 Å². The van der Waals surface area contributed by atoms with Crippen molar-refractivity contribution < 1.29 is 28.6 Å². The minimum Gasteiger partial charge on any atom is -0.481 e. The Balaban J connectivity index is 0.000000151. The molecule has 0 heterocycles.